The van der Waals surface area contributed by atoms with Gasteiger partial charge in [-0.3, -0.25) is 4.79 Å². The monoisotopic (exact) mass is 662 g/mol. The van der Waals surface area contributed by atoms with E-state index in [2.05, 4.69) is 48.5 Å². The number of carbonyl (C=O) groups is 2. The second kappa shape index (κ2) is 20.5. The van der Waals surface area contributed by atoms with Gasteiger partial charge in [-0.1, -0.05) is 80.6 Å². The fraction of sp³-hybridized carbons (Fsp3) is 0.951. The van der Waals surface area contributed by atoms with Crippen molar-refractivity contribution in [1.29, 1.82) is 0 Å². The average molecular weight is 662 g/mol. The zero-order valence-electron chi connectivity index (χ0n) is 32.1. The number of fused-ring (bicyclic) bond motifs is 3. The number of rotatable bonds is 1. The van der Waals surface area contributed by atoms with Gasteiger partial charge >= 0.3 is 5.97 Å². The summed E-state index contributed by atoms with van der Waals surface area (Å²) < 4.78 is 18.7. The lowest BCUT2D eigenvalue weighted by molar-refractivity contribution is -0.159. The summed E-state index contributed by atoms with van der Waals surface area (Å²) in [5.74, 6) is 3.97. The summed E-state index contributed by atoms with van der Waals surface area (Å²) in [6.07, 6.45) is 18.8. The molecule has 0 N–H and O–H groups in total. The Morgan fingerprint density at radius 1 is 0.638 bits per heavy atom. The van der Waals surface area contributed by atoms with E-state index in [1.807, 2.05) is 14.0 Å². The zero-order valence-corrected chi connectivity index (χ0v) is 32.1. The van der Waals surface area contributed by atoms with Crippen molar-refractivity contribution in [2.45, 2.75) is 195 Å². The van der Waals surface area contributed by atoms with Gasteiger partial charge in [-0.15, -0.1) is 0 Å². The Balaban J connectivity index is 1.63. The largest absolute Gasteiger partial charge is 0.461 e. The van der Waals surface area contributed by atoms with Crippen LogP contribution in [-0.2, 0) is 23.8 Å². The van der Waals surface area contributed by atoms with Crippen LogP contribution in [0.1, 0.15) is 165 Å². The van der Waals surface area contributed by atoms with Crippen molar-refractivity contribution in [1.82, 2.24) is 4.90 Å². The molecule has 12 atom stereocenters. The summed E-state index contributed by atoms with van der Waals surface area (Å²) in [6.45, 7) is 19.2. The highest BCUT2D eigenvalue weighted by molar-refractivity contribution is 5.85. The Morgan fingerprint density at radius 3 is 2.02 bits per heavy atom. The molecule has 3 aliphatic heterocycles. The molecule has 0 radical (unpaired) electrons. The smallest absolute Gasteiger partial charge is 0.329 e. The van der Waals surface area contributed by atoms with Crippen molar-refractivity contribution in [3.8, 4) is 0 Å². The molecule has 6 unspecified atom stereocenters. The van der Waals surface area contributed by atoms with E-state index >= 15 is 0 Å². The first-order chi connectivity index (χ1) is 22.4. The maximum absolute atomic E-state index is 13.6. The maximum Gasteiger partial charge on any atom is 0.329 e. The van der Waals surface area contributed by atoms with Crippen LogP contribution in [0.4, 0.5) is 0 Å². The molecule has 3 fully saturated rings. The number of methoxy groups -OCH3 is 1. The van der Waals surface area contributed by atoms with Crippen molar-refractivity contribution < 1.29 is 23.8 Å². The topological polar surface area (TPSA) is 65.1 Å². The van der Waals surface area contributed by atoms with Crippen LogP contribution in [0.25, 0.3) is 0 Å². The van der Waals surface area contributed by atoms with Crippen molar-refractivity contribution in [2.75, 3.05) is 13.7 Å². The molecule has 0 aromatic heterocycles. The Morgan fingerprint density at radius 2 is 1.30 bits per heavy atom. The minimum atomic E-state index is -0.453. The summed E-state index contributed by atoms with van der Waals surface area (Å²) in [6, 6.07) is -0.453. The molecule has 0 aromatic rings. The number of cyclic esters (lactones) is 1. The minimum Gasteiger partial charge on any atom is -0.461 e. The number of carbonyl (C=O) groups excluding carboxylic acids is 2. The van der Waals surface area contributed by atoms with Crippen LogP contribution in [0.5, 0.6) is 0 Å². The summed E-state index contributed by atoms with van der Waals surface area (Å²) in [4.78, 5) is 28.7. The molecule has 47 heavy (non-hydrogen) atoms. The van der Waals surface area contributed by atoms with Gasteiger partial charge in [0.15, 0.2) is 0 Å². The van der Waals surface area contributed by atoms with E-state index in [1.54, 1.807) is 4.90 Å². The fourth-order valence-corrected chi connectivity index (χ4v) is 8.93. The summed E-state index contributed by atoms with van der Waals surface area (Å²) in [5, 5.41) is 0. The first-order valence-corrected chi connectivity index (χ1v) is 20.1. The molecule has 0 aromatic carbocycles. The van der Waals surface area contributed by atoms with Crippen LogP contribution in [-0.4, -0.2) is 60.9 Å². The molecule has 0 spiro atoms. The minimum absolute atomic E-state index is 0.0562. The molecule has 2 bridgehead atoms. The summed E-state index contributed by atoms with van der Waals surface area (Å²) >= 11 is 0. The van der Waals surface area contributed by atoms with Crippen LogP contribution in [0.3, 0.4) is 0 Å². The van der Waals surface area contributed by atoms with Crippen LogP contribution in [0, 0.1) is 41.4 Å². The molecule has 0 saturated carbocycles. The van der Waals surface area contributed by atoms with Gasteiger partial charge in [-0.2, -0.15) is 0 Å². The quantitative estimate of drug-likeness (QED) is 0.262. The number of amides is 1. The second-order valence-electron chi connectivity index (χ2n) is 17.1. The van der Waals surface area contributed by atoms with Crippen molar-refractivity contribution in [3.05, 3.63) is 0 Å². The molecule has 3 heterocycles. The van der Waals surface area contributed by atoms with Gasteiger partial charge in [0.2, 0.25) is 5.91 Å². The number of esters is 1. The molecule has 6 heteroatoms. The molecular formula is C41H75NO5. The van der Waals surface area contributed by atoms with E-state index in [4.69, 9.17) is 14.2 Å². The van der Waals surface area contributed by atoms with Gasteiger partial charge < -0.3 is 19.1 Å². The third-order valence-corrected chi connectivity index (χ3v) is 12.4. The summed E-state index contributed by atoms with van der Waals surface area (Å²) in [7, 11) is 1.90. The number of ether oxygens (including phenoxy) is 3. The standard InChI is InChI=1S/C41H75NO5/c1-28-14-11-10-12-15-29(2)24-31(4)26-39(45-9)35(8)33(6)25-30(3)17-20-34(7)46-41(44)37-16-13-23-42(37)40(43)27-38-32(5)19-22-36(47-38)21-18-28/h28-39H,10-27H2,1-9H3/t28?,29-,30+,31-,32-,33?,34-,35?,36-,37?,38?,39?/m1/s1. The zero-order chi connectivity index (χ0) is 34.5. The molecule has 3 rings (SSSR count). The molecule has 6 nitrogen and oxygen atoms in total. The predicted octanol–water partition coefficient (Wildman–Crippen LogP) is 10.0. The molecule has 3 aliphatic rings. The lowest BCUT2D eigenvalue weighted by Gasteiger charge is -2.36. The van der Waals surface area contributed by atoms with Gasteiger partial charge in [0.1, 0.15) is 6.04 Å². The second-order valence-corrected chi connectivity index (χ2v) is 17.1. The SMILES string of the molecule is COC1C[C@H](C)C[C@H](C)CCCCCC(C)CC[C@@H]2CC[C@@H](C)C(CC(=O)N3CCCC3C(=O)O[C@H](C)CC[C@H](C)CC(C)C1C)O2. The van der Waals surface area contributed by atoms with E-state index in [9.17, 15) is 9.59 Å². The van der Waals surface area contributed by atoms with Crippen molar-refractivity contribution >= 4 is 11.9 Å². The van der Waals surface area contributed by atoms with E-state index in [0.29, 0.717) is 61.0 Å². The Bertz CT molecular complexity index is 910. The van der Waals surface area contributed by atoms with Crippen LogP contribution in [0.15, 0.2) is 0 Å². The lowest BCUT2D eigenvalue weighted by atomic mass is 9.79. The molecule has 0 aliphatic carbocycles. The van der Waals surface area contributed by atoms with Crippen LogP contribution >= 0.6 is 0 Å². The third-order valence-electron chi connectivity index (χ3n) is 12.4. The van der Waals surface area contributed by atoms with Gasteiger partial charge in [-0.25, -0.2) is 4.79 Å². The average Bonchev–Trinajstić information content (AvgIpc) is 3.52. The van der Waals surface area contributed by atoms with E-state index in [-0.39, 0.29) is 30.2 Å². The first-order valence-electron chi connectivity index (χ1n) is 20.1. The van der Waals surface area contributed by atoms with Crippen molar-refractivity contribution in [2.24, 2.45) is 41.4 Å². The van der Waals surface area contributed by atoms with Crippen molar-refractivity contribution in [3.63, 3.8) is 0 Å². The van der Waals surface area contributed by atoms with Gasteiger partial charge in [-0.05, 0) is 119 Å². The Labute approximate surface area is 290 Å². The van der Waals surface area contributed by atoms with Gasteiger partial charge in [0.05, 0.1) is 30.8 Å². The fourth-order valence-electron chi connectivity index (χ4n) is 8.93. The highest BCUT2D eigenvalue weighted by Crippen LogP contribution is 2.34. The molecule has 274 valence electrons. The Hall–Kier alpha value is -1.14. The third kappa shape index (κ3) is 13.6. The molecule has 3 saturated heterocycles. The van der Waals surface area contributed by atoms with E-state index in [1.165, 1.54) is 44.9 Å². The first kappa shape index (κ1) is 40.3. The maximum atomic E-state index is 13.6. The van der Waals surface area contributed by atoms with E-state index < -0.39 is 6.04 Å². The van der Waals surface area contributed by atoms with Gasteiger partial charge in [0, 0.05) is 13.7 Å². The van der Waals surface area contributed by atoms with Gasteiger partial charge in [0.25, 0.3) is 0 Å². The highest BCUT2D eigenvalue weighted by atomic mass is 16.5. The predicted molar refractivity (Wildman–Crippen MR) is 193 cm³/mol. The number of hydrogen-bond acceptors (Lipinski definition) is 5. The molecular weight excluding hydrogens is 586 g/mol. The molecule has 1 amide bonds. The Kier molecular flexibility index (Phi) is 17.6. The highest BCUT2D eigenvalue weighted by Gasteiger charge is 2.38. The van der Waals surface area contributed by atoms with Crippen LogP contribution in [0.2, 0.25) is 0 Å². The number of nitrogens with zero attached hydrogens (tertiary/aromatic N) is 1. The van der Waals surface area contributed by atoms with E-state index in [0.717, 1.165) is 57.3 Å². The normalized spacial score (nSPS) is 40.8. The summed E-state index contributed by atoms with van der Waals surface area (Å²) in [5.41, 5.74) is 0. The van der Waals surface area contributed by atoms with Crippen LogP contribution < -0.4 is 0 Å². The lowest BCUT2D eigenvalue weighted by Crippen LogP contribution is -2.45. The number of hydrogen-bond donors (Lipinski definition) is 0.